The molecule has 3 heteroatoms. The maximum atomic E-state index is 9.29. The summed E-state index contributed by atoms with van der Waals surface area (Å²) in [5, 5.41) is 10.0. The van der Waals surface area contributed by atoms with Gasteiger partial charge in [-0.25, -0.2) is 0 Å². The van der Waals surface area contributed by atoms with Crippen LogP contribution in [-0.4, -0.2) is 11.4 Å². The Labute approximate surface area is 86.7 Å². The van der Waals surface area contributed by atoms with Crippen LogP contribution >= 0.6 is 15.9 Å². The molecule has 0 aliphatic heterocycles. The van der Waals surface area contributed by atoms with E-state index in [1.807, 2.05) is 31.2 Å². The Hall–Kier alpha value is -0.540. The van der Waals surface area contributed by atoms with E-state index in [0.717, 1.165) is 16.6 Å². The van der Waals surface area contributed by atoms with Gasteiger partial charge in [0.25, 0.3) is 0 Å². The molecule has 1 aromatic carbocycles. The predicted molar refractivity (Wildman–Crippen MR) is 56.0 cm³/mol. The highest BCUT2D eigenvalue weighted by Gasteiger charge is 2.05. The number of ether oxygens (including phenoxy) is 1. The van der Waals surface area contributed by atoms with E-state index in [1.165, 1.54) is 0 Å². The smallest absolute Gasteiger partial charge is 0.197 e. The van der Waals surface area contributed by atoms with Gasteiger partial charge in [-0.05, 0) is 6.07 Å². The van der Waals surface area contributed by atoms with E-state index in [2.05, 4.69) is 15.9 Å². The molecule has 0 radical (unpaired) electrons. The van der Waals surface area contributed by atoms with Crippen molar-refractivity contribution in [3.05, 3.63) is 29.8 Å². The summed E-state index contributed by atoms with van der Waals surface area (Å²) in [5.74, 6) is 0.744. The van der Waals surface area contributed by atoms with Crippen LogP contribution in [0.25, 0.3) is 0 Å². The highest BCUT2D eigenvalue weighted by atomic mass is 79.9. The highest BCUT2D eigenvalue weighted by Crippen LogP contribution is 2.21. The minimum absolute atomic E-state index is 0.594. The van der Waals surface area contributed by atoms with Crippen LogP contribution in [0.1, 0.15) is 18.9 Å². The largest absolute Gasteiger partial charge is 0.465 e. The standard InChI is InChI=1S/C10H13BrO2/c1-2-10(12)13-9-6-4-3-5-8(9)7-11/h3-6,10,12H,2,7H2,1H3. The van der Waals surface area contributed by atoms with Crippen molar-refractivity contribution >= 4 is 15.9 Å². The maximum absolute atomic E-state index is 9.29. The molecule has 0 aliphatic rings. The molecule has 1 atom stereocenters. The van der Waals surface area contributed by atoms with E-state index in [4.69, 9.17) is 4.74 Å². The molecule has 1 rings (SSSR count). The first-order chi connectivity index (χ1) is 6.27. The van der Waals surface area contributed by atoms with Crippen LogP contribution < -0.4 is 4.74 Å². The number of halogens is 1. The first-order valence-electron chi connectivity index (χ1n) is 4.26. The molecule has 2 nitrogen and oxygen atoms in total. The third kappa shape index (κ3) is 3.01. The first kappa shape index (κ1) is 10.5. The fourth-order valence-electron chi connectivity index (χ4n) is 0.959. The van der Waals surface area contributed by atoms with E-state index < -0.39 is 6.29 Å². The second-order valence-corrected chi connectivity index (χ2v) is 3.28. The summed E-state index contributed by atoms with van der Waals surface area (Å²) in [6.45, 7) is 1.88. The summed E-state index contributed by atoms with van der Waals surface area (Å²) in [5.41, 5.74) is 1.05. The van der Waals surface area contributed by atoms with Gasteiger partial charge in [-0.1, -0.05) is 41.1 Å². The fraction of sp³-hybridized carbons (Fsp3) is 0.400. The number of benzene rings is 1. The van der Waals surface area contributed by atoms with Gasteiger partial charge in [0.15, 0.2) is 6.29 Å². The van der Waals surface area contributed by atoms with Crippen molar-refractivity contribution in [3.8, 4) is 5.75 Å². The minimum Gasteiger partial charge on any atom is -0.465 e. The van der Waals surface area contributed by atoms with Gasteiger partial charge < -0.3 is 9.84 Å². The van der Waals surface area contributed by atoms with Crippen molar-refractivity contribution in [1.82, 2.24) is 0 Å². The second-order valence-electron chi connectivity index (χ2n) is 2.72. The third-order valence-electron chi connectivity index (χ3n) is 1.73. The maximum Gasteiger partial charge on any atom is 0.197 e. The molecule has 0 saturated carbocycles. The molecule has 13 heavy (non-hydrogen) atoms. The Morgan fingerprint density at radius 2 is 2.15 bits per heavy atom. The molecule has 0 amide bonds. The number of alkyl halides is 1. The quantitative estimate of drug-likeness (QED) is 0.652. The summed E-state index contributed by atoms with van der Waals surface area (Å²) in [6.07, 6.45) is -0.114. The van der Waals surface area contributed by atoms with E-state index in [9.17, 15) is 5.11 Å². The number of hydrogen-bond donors (Lipinski definition) is 1. The molecule has 0 aromatic heterocycles. The van der Waals surface area contributed by atoms with Gasteiger partial charge in [0.2, 0.25) is 0 Å². The van der Waals surface area contributed by atoms with Gasteiger partial charge in [-0.2, -0.15) is 0 Å². The molecule has 0 bridgehead atoms. The van der Waals surface area contributed by atoms with Gasteiger partial charge in [0.1, 0.15) is 5.75 Å². The summed E-state index contributed by atoms with van der Waals surface area (Å²) in [6, 6.07) is 7.66. The second kappa shape index (κ2) is 5.25. The van der Waals surface area contributed by atoms with Crippen LogP contribution in [-0.2, 0) is 5.33 Å². The van der Waals surface area contributed by atoms with Gasteiger partial charge in [0, 0.05) is 17.3 Å². The summed E-state index contributed by atoms with van der Waals surface area (Å²) in [4.78, 5) is 0. The van der Waals surface area contributed by atoms with Crippen LogP contribution in [0.2, 0.25) is 0 Å². The molecule has 1 aromatic rings. The van der Waals surface area contributed by atoms with Crippen molar-refractivity contribution in [1.29, 1.82) is 0 Å². The SMILES string of the molecule is CCC(O)Oc1ccccc1CBr. The lowest BCUT2D eigenvalue weighted by atomic mass is 10.2. The minimum atomic E-state index is -0.708. The Morgan fingerprint density at radius 1 is 1.46 bits per heavy atom. The monoisotopic (exact) mass is 244 g/mol. The molecule has 72 valence electrons. The molecule has 0 fully saturated rings. The van der Waals surface area contributed by atoms with Crippen molar-refractivity contribution in [2.45, 2.75) is 25.0 Å². The normalized spacial score (nSPS) is 12.5. The summed E-state index contributed by atoms with van der Waals surface area (Å²) < 4.78 is 5.31. The highest BCUT2D eigenvalue weighted by molar-refractivity contribution is 9.08. The van der Waals surface area contributed by atoms with Crippen LogP contribution in [0.5, 0.6) is 5.75 Å². The average molecular weight is 245 g/mol. The topological polar surface area (TPSA) is 29.5 Å². The van der Waals surface area contributed by atoms with Gasteiger partial charge >= 0.3 is 0 Å². The molecule has 0 saturated heterocycles. The lowest BCUT2D eigenvalue weighted by Gasteiger charge is -2.13. The molecule has 0 aliphatic carbocycles. The van der Waals surface area contributed by atoms with Gasteiger partial charge in [0.05, 0.1) is 0 Å². The van der Waals surface area contributed by atoms with Gasteiger partial charge in [-0.15, -0.1) is 0 Å². The number of aliphatic hydroxyl groups excluding tert-OH is 1. The predicted octanol–water partition coefficient (Wildman–Crippen LogP) is 2.69. The zero-order chi connectivity index (χ0) is 9.68. The summed E-state index contributed by atoms with van der Waals surface area (Å²) >= 11 is 3.36. The Bertz CT molecular complexity index is 263. The molecule has 1 unspecified atom stereocenters. The molecule has 0 heterocycles. The van der Waals surface area contributed by atoms with Crippen LogP contribution in [0.3, 0.4) is 0 Å². The van der Waals surface area contributed by atoms with E-state index in [0.29, 0.717) is 6.42 Å². The zero-order valence-corrected chi connectivity index (χ0v) is 9.12. The zero-order valence-electron chi connectivity index (χ0n) is 7.53. The molecule has 0 spiro atoms. The van der Waals surface area contributed by atoms with E-state index in [1.54, 1.807) is 0 Å². The number of para-hydroxylation sites is 1. The van der Waals surface area contributed by atoms with Crippen LogP contribution in [0.15, 0.2) is 24.3 Å². The third-order valence-corrected chi connectivity index (χ3v) is 2.33. The molecule has 1 N–H and O–H groups in total. The lowest BCUT2D eigenvalue weighted by Crippen LogP contribution is -2.14. The fourth-order valence-corrected chi connectivity index (χ4v) is 1.42. The van der Waals surface area contributed by atoms with E-state index in [-0.39, 0.29) is 0 Å². The van der Waals surface area contributed by atoms with Crippen LogP contribution in [0, 0.1) is 0 Å². The lowest BCUT2D eigenvalue weighted by molar-refractivity contribution is -0.0196. The Balaban J connectivity index is 2.74. The number of hydrogen-bond acceptors (Lipinski definition) is 2. The average Bonchev–Trinajstić information content (AvgIpc) is 2.18. The molecular weight excluding hydrogens is 232 g/mol. The van der Waals surface area contributed by atoms with Crippen molar-refractivity contribution in [2.75, 3.05) is 0 Å². The number of rotatable bonds is 4. The Morgan fingerprint density at radius 3 is 2.77 bits per heavy atom. The summed E-state index contributed by atoms with van der Waals surface area (Å²) in [7, 11) is 0. The van der Waals surface area contributed by atoms with Crippen LogP contribution in [0.4, 0.5) is 0 Å². The number of aliphatic hydroxyl groups is 1. The molecular formula is C10H13BrO2. The Kier molecular flexibility index (Phi) is 4.25. The van der Waals surface area contributed by atoms with Crippen molar-refractivity contribution in [2.24, 2.45) is 0 Å². The van der Waals surface area contributed by atoms with E-state index >= 15 is 0 Å². The van der Waals surface area contributed by atoms with Gasteiger partial charge in [-0.3, -0.25) is 0 Å². The van der Waals surface area contributed by atoms with Crippen molar-refractivity contribution in [3.63, 3.8) is 0 Å². The van der Waals surface area contributed by atoms with Crippen molar-refractivity contribution < 1.29 is 9.84 Å². The first-order valence-corrected chi connectivity index (χ1v) is 5.38.